The lowest BCUT2D eigenvalue weighted by Gasteiger charge is -1.99. The monoisotopic (exact) mass is 165 g/mol. The van der Waals surface area contributed by atoms with Gasteiger partial charge < -0.3 is 5.32 Å². The molecule has 2 N–H and O–H groups in total. The number of hydrogen-bond donors (Lipinski definition) is 2. The molecule has 0 bridgehead atoms. The van der Waals surface area contributed by atoms with Gasteiger partial charge in [-0.25, -0.2) is 0 Å². The second kappa shape index (κ2) is 4.33. The molecular formula is C8H11N3O. The molecule has 12 heavy (non-hydrogen) atoms. The van der Waals surface area contributed by atoms with E-state index >= 15 is 0 Å². The molecule has 1 aromatic heterocycles. The van der Waals surface area contributed by atoms with Gasteiger partial charge in [0.1, 0.15) is 0 Å². The van der Waals surface area contributed by atoms with Gasteiger partial charge in [0.2, 0.25) is 5.91 Å². The lowest BCUT2D eigenvalue weighted by molar-refractivity contribution is -0.120. The second-order valence-corrected chi connectivity index (χ2v) is 2.35. The van der Waals surface area contributed by atoms with Crippen LogP contribution in [0, 0.1) is 0 Å². The Morgan fingerprint density at radius 2 is 2.67 bits per heavy atom. The molecule has 0 spiro atoms. The Hall–Kier alpha value is -1.58. The maximum atomic E-state index is 10.9. The van der Waals surface area contributed by atoms with Crippen molar-refractivity contribution in [1.82, 2.24) is 15.5 Å². The van der Waals surface area contributed by atoms with Crippen molar-refractivity contribution >= 4 is 5.91 Å². The predicted octanol–water partition coefficient (Wildman–Crippen LogP) is 0.602. The van der Waals surface area contributed by atoms with E-state index < -0.39 is 0 Å². The standard InChI is InChI=1S/C8H11N3O/c1-2-3-8(12)9-6-7-4-5-10-11-7/h2,4-5H,1,3,6H2,(H,9,12)(H,10,11). The third kappa shape index (κ3) is 2.57. The highest BCUT2D eigenvalue weighted by atomic mass is 16.1. The number of nitrogens with zero attached hydrogens (tertiary/aromatic N) is 1. The lowest BCUT2D eigenvalue weighted by Crippen LogP contribution is -2.21. The van der Waals surface area contributed by atoms with E-state index in [0.717, 1.165) is 5.69 Å². The van der Waals surface area contributed by atoms with Gasteiger partial charge in [-0.2, -0.15) is 5.10 Å². The molecule has 0 aromatic carbocycles. The summed E-state index contributed by atoms with van der Waals surface area (Å²) < 4.78 is 0. The van der Waals surface area contributed by atoms with E-state index in [2.05, 4.69) is 22.1 Å². The summed E-state index contributed by atoms with van der Waals surface area (Å²) in [5.74, 6) is -0.0281. The Morgan fingerprint density at radius 3 is 3.25 bits per heavy atom. The van der Waals surface area contributed by atoms with Crippen LogP contribution in [0.25, 0.3) is 0 Å². The van der Waals surface area contributed by atoms with Gasteiger partial charge in [-0.3, -0.25) is 9.89 Å². The number of rotatable bonds is 4. The molecule has 1 heterocycles. The molecule has 1 aromatic rings. The number of aromatic nitrogens is 2. The van der Waals surface area contributed by atoms with E-state index in [1.807, 2.05) is 6.07 Å². The molecule has 0 aliphatic heterocycles. The van der Waals surface area contributed by atoms with Crippen LogP contribution in [0.2, 0.25) is 0 Å². The quantitative estimate of drug-likeness (QED) is 0.642. The van der Waals surface area contributed by atoms with Crippen LogP contribution < -0.4 is 5.32 Å². The highest BCUT2D eigenvalue weighted by Gasteiger charge is 1.97. The minimum absolute atomic E-state index is 0.0281. The average molecular weight is 165 g/mol. The summed E-state index contributed by atoms with van der Waals surface area (Å²) in [6.07, 6.45) is 3.57. The van der Waals surface area contributed by atoms with Gasteiger partial charge in [-0.1, -0.05) is 6.08 Å². The summed E-state index contributed by atoms with van der Waals surface area (Å²) in [6, 6.07) is 1.81. The second-order valence-electron chi connectivity index (χ2n) is 2.35. The zero-order valence-electron chi connectivity index (χ0n) is 6.71. The third-order valence-electron chi connectivity index (χ3n) is 1.36. The zero-order valence-corrected chi connectivity index (χ0v) is 6.71. The van der Waals surface area contributed by atoms with Crippen molar-refractivity contribution in [2.24, 2.45) is 0 Å². The van der Waals surface area contributed by atoms with E-state index in [0.29, 0.717) is 13.0 Å². The van der Waals surface area contributed by atoms with Crippen molar-refractivity contribution in [3.63, 3.8) is 0 Å². The fraction of sp³-hybridized carbons (Fsp3) is 0.250. The molecule has 4 heteroatoms. The summed E-state index contributed by atoms with van der Waals surface area (Å²) in [7, 11) is 0. The molecule has 0 fully saturated rings. The SMILES string of the molecule is C=CCC(=O)NCc1ccn[nH]1. The van der Waals surface area contributed by atoms with Crippen molar-refractivity contribution in [2.45, 2.75) is 13.0 Å². The van der Waals surface area contributed by atoms with Crippen LogP contribution in [0.1, 0.15) is 12.1 Å². The molecule has 1 rings (SSSR count). The van der Waals surface area contributed by atoms with Gasteiger partial charge in [0, 0.05) is 12.6 Å². The van der Waals surface area contributed by atoms with Crippen LogP contribution in [0.3, 0.4) is 0 Å². The molecule has 0 unspecified atom stereocenters. The molecule has 4 nitrogen and oxygen atoms in total. The lowest BCUT2D eigenvalue weighted by atomic mass is 10.3. The number of H-pyrrole nitrogens is 1. The number of carbonyl (C=O) groups excluding carboxylic acids is 1. The van der Waals surface area contributed by atoms with Crippen LogP contribution >= 0.6 is 0 Å². The summed E-state index contributed by atoms with van der Waals surface area (Å²) in [5.41, 5.74) is 0.896. The van der Waals surface area contributed by atoms with E-state index in [4.69, 9.17) is 0 Å². The Kier molecular flexibility index (Phi) is 3.07. The van der Waals surface area contributed by atoms with E-state index in [1.54, 1.807) is 12.3 Å². The van der Waals surface area contributed by atoms with Crippen LogP contribution in [0.15, 0.2) is 24.9 Å². The highest BCUT2D eigenvalue weighted by molar-refractivity contribution is 5.77. The number of amides is 1. The third-order valence-corrected chi connectivity index (χ3v) is 1.36. The van der Waals surface area contributed by atoms with Crippen molar-refractivity contribution in [3.05, 3.63) is 30.6 Å². The highest BCUT2D eigenvalue weighted by Crippen LogP contribution is 1.90. The topological polar surface area (TPSA) is 57.8 Å². The van der Waals surface area contributed by atoms with Crippen molar-refractivity contribution in [3.8, 4) is 0 Å². The minimum atomic E-state index is -0.0281. The van der Waals surface area contributed by atoms with Crippen molar-refractivity contribution in [1.29, 1.82) is 0 Å². The maximum absolute atomic E-state index is 10.9. The smallest absolute Gasteiger partial charge is 0.224 e. The van der Waals surface area contributed by atoms with Crippen molar-refractivity contribution < 1.29 is 4.79 Å². The molecule has 0 radical (unpaired) electrons. The first-order valence-corrected chi connectivity index (χ1v) is 3.69. The maximum Gasteiger partial charge on any atom is 0.224 e. The molecule has 0 aliphatic carbocycles. The van der Waals surface area contributed by atoms with E-state index in [9.17, 15) is 4.79 Å². The van der Waals surface area contributed by atoms with Gasteiger partial charge in [-0.15, -0.1) is 6.58 Å². The summed E-state index contributed by atoms with van der Waals surface area (Å²) >= 11 is 0. The molecule has 0 saturated heterocycles. The van der Waals surface area contributed by atoms with Gasteiger partial charge in [0.25, 0.3) is 0 Å². The van der Waals surface area contributed by atoms with Gasteiger partial charge in [0.15, 0.2) is 0 Å². The van der Waals surface area contributed by atoms with Crippen molar-refractivity contribution in [2.75, 3.05) is 0 Å². The summed E-state index contributed by atoms with van der Waals surface area (Å²) in [6.45, 7) is 3.96. The van der Waals surface area contributed by atoms with Crippen LogP contribution in [-0.2, 0) is 11.3 Å². The Morgan fingerprint density at radius 1 is 1.83 bits per heavy atom. The summed E-state index contributed by atoms with van der Waals surface area (Å²) in [5, 5.41) is 9.20. The first-order chi connectivity index (χ1) is 5.83. The fourth-order valence-corrected chi connectivity index (χ4v) is 0.780. The Bertz CT molecular complexity index is 253. The number of nitrogens with one attached hydrogen (secondary N) is 2. The minimum Gasteiger partial charge on any atom is -0.350 e. The fourth-order valence-electron chi connectivity index (χ4n) is 0.780. The molecule has 0 atom stereocenters. The molecule has 0 saturated carbocycles. The predicted molar refractivity (Wildman–Crippen MR) is 45.2 cm³/mol. The Balaban J connectivity index is 2.26. The first-order valence-electron chi connectivity index (χ1n) is 3.69. The first kappa shape index (κ1) is 8.52. The number of aromatic amines is 1. The number of carbonyl (C=O) groups is 1. The average Bonchev–Trinajstić information content (AvgIpc) is 2.53. The Labute approximate surface area is 70.7 Å². The molecule has 0 aliphatic rings. The molecular weight excluding hydrogens is 154 g/mol. The van der Waals surface area contributed by atoms with Gasteiger partial charge in [0.05, 0.1) is 12.2 Å². The van der Waals surface area contributed by atoms with Crippen LogP contribution in [-0.4, -0.2) is 16.1 Å². The number of hydrogen-bond acceptors (Lipinski definition) is 2. The summed E-state index contributed by atoms with van der Waals surface area (Å²) in [4.78, 5) is 10.9. The van der Waals surface area contributed by atoms with Gasteiger partial charge in [-0.05, 0) is 6.07 Å². The zero-order chi connectivity index (χ0) is 8.81. The van der Waals surface area contributed by atoms with E-state index in [-0.39, 0.29) is 5.91 Å². The largest absolute Gasteiger partial charge is 0.350 e. The van der Waals surface area contributed by atoms with Gasteiger partial charge >= 0.3 is 0 Å². The normalized spacial score (nSPS) is 9.33. The van der Waals surface area contributed by atoms with Crippen LogP contribution in [0.5, 0.6) is 0 Å². The molecule has 1 amide bonds. The van der Waals surface area contributed by atoms with Crippen LogP contribution in [0.4, 0.5) is 0 Å². The van der Waals surface area contributed by atoms with E-state index in [1.165, 1.54) is 0 Å². The molecule has 64 valence electrons.